The number of rotatable bonds is 2. The molecule has 0 spiro atoms. The van der Waals surface area contributed by atoms with Crippen molar-refractivity contribution in [2.24, 2.45) is 23.7 Å². The Kier molecular flexibility index (Phi) is 3.51. The van der Waals surface area contributed by atoms with E-state index in [1.165, 1.54) is 51.4 Å². The van der Waals surface area contributed by atoms with Crippen molar-refractivity contribution >= 4 is 5.91 Å². The van der Waals surface area contributed by atoms with Crippen molar-refractivity contribution in [2.75, 3.05) is 26.2 Å². The molecule has 0 unspecified atom stereocenters. The minimum atomic E-state index is 0.362. The summed E-state index contributed by atoms with van der Waals surface area (Å²) in [5.74, 6) is 3.92. The zero-order valence-electron chi connectivity index (χ0n) is 14.5. The summed E-state index contributed by atoms with van der Waals surface area (Å²) >= 11 is 0. The van der Waals surface area contributed by atoms with Crippen molar-refractivity contribution in [1.82, 2.24) is 9.80 Å². The third-order valence-corrected chi connectivity index (χ3v) is 7.97. The van der Waals surface area contributed by atoms with E-state index >= 15 is 0 Å². The van der Waals surface area contributed by atoms with E-state index in [1.807, 2.05) is 0 Å². The fourth-order valence-electron chi connectivity index (χ4n) is 7.28. The van der Waals surface area contributed by atoms with E-state index in [4.69, 9.17) is 0 Å². The van der Waals surface area contributed by atoms with Gasteiger partial charge in [0.25, 0.3) is 0 Å². The van der Waals surface area contributed by atoms with Gasteiger partial charge in [-0.2, -0.15) is 0 Å². The fourth-order valence-corrected chi connectivity index (χ4v) is 7.28. The van der Waals surface area contributed by atoms with Gasteiger partial charge >= 0.3 is 0 Å². The highest BCUT2D eigenvalue weighted by molar-refractivity contribution is 5.79. The van der Waals surface area contributed by atoms with Crippen LogP contribution < -0.4 is 0 Å². The molecule has 3 nitrogen and oxygen atoms in total. The molecule has 23 heavy (non-hydrogen) atoms. The molecule has 0 aromatic heterocycles. The van der Waals surface area contributed by atoms with E-state index < -0.39 is 0 Å². The highest BCUT2D eigenvalue weighted by Crippen LogP contribution is 2.57. The van der Waals surface area contributed by atoms with Gasteiger partial charge in [-0.05, 0) is 69.1 Å². The molecule has 6 rings (SSSR count). The number of carbonyl (C=O) groups excluding carboxylic acids is 1. The molecular weight excluding hydrogens is 284 g/mol. The maximum absolute atomic E-state index is 12.7. The van der Waals surface area contributed by atoms with Crippen LogP contribution in [-0.4, -0.2) is 47.4 Å². The number of nitrogens with zero attached hydrogens (tertiary/aromatic N) is 2. The van der Waals surface area contributed by atoms with Gasteiger partial charge in [-0.1, -0.05) is 12.8 Å². The Bertz CT molecular complexity index is 439. The molecule has 0 aromatic carbocycles. The van der Waals surface area contributed by atoms with Crippen molar-refractivity contribution in [2.45, 2.75) is 69.7 Å². The molecule has 3 heteroatoms. The summed E-state index contributed by atoms with van der Waals surface area (Å²) in [5, 5.41) is 0. The summed E-state index contributed by atoms with van der Waals surface area (Å²) in [6, 6.07) is 0. The molecule has 5 aliphatic carbocycles. The molecule has 6 aliphatic rings. The normalized spacial score (nSPS) is 44.2. The van der Waals surface area contributed by atoms with Gasteiger partial charge in [-0.25, -0.2) is 0 Å². The van der Waals surface area contributed by atoms with Gasteiger partial charge in [0.05, 0.1) is 0 Å². The Morgan fingerprint density at radius 2 is 1.30 bits per heavy atom. The largest absolute Gasteiger partial charge is 0.340 e. The van der Waals surface area contributed by atoms with Crippen LogP contribution in [0.25, 0.3) is 0 Å². The van der Waals surface area contributed by atoms with Crippen LogP contribution in [0.5, 0.6) is 0 Å². The van der Waals surface area contributed by atoms with Gasteiger partial charge in [-0.3, -0.25) is 9.69 Å². The third kappa shape index (κ3) is 2.45. The first-order valence-corrected chi connectivity index (χ1v) is 10.3. The van der Waals surface area contributed by atoms with E-state index in [-0.39, 0.29) is 0 Å². The Balaban J connectivity index is 1.24. The fraction of sp³-hybridized carbons (Fsp3) is 0.950. The van der Waals surface area contributed by atoms with E-state index in [0.717, 1.165) is 56.8 Å². The van der Waals surface area contributed by atoms with Crippen LogP contribution in [0.2, 0.25) is 0 Å². The number of piperazine rings is 1. The van der Waals surface area contributed by atoms with Crippen LogP contribution in [0, 0.1) is 23.7 Å². The van der Waals surface area contributed by atoms with Crippen molar-refractivity contribution in [3.05, 3.63) is 0 Å². The predicted octanol–water partition coefficient (Wildman–Crippen LogP) is 3.29. The molecule has 5 saturated carbocycles. The molecular formula is C20H32N2O. The number of hydrogen-bond acceptors (Lipinski definition) is 2. The zero-order valence-corrected chi connectivity index (χ0v) is 14.5. The number of amides is 1. The first-order chi connectivity index (χ1) is 11.2. The highest BCUT2D eigenvalue weighted by Gasteiger charge is 2.53. The van der Waals surface area contributed by atoms with E-state index in [1.54, 1.807) is 0 Å². The molecule has 0 N–H and O–H groups in total. The molecule has 1 aliphatic heterocycles. The molecule has 1 amide bonds. The van der Waals surface area contributed by atoms with Crippen molar-refractivity contribution in [1.29, 1.82) is 0 Å². The van der Waals surface area contributed by atoms with E-state index in [0.29, 0.717) is 17.4 Å². The summed E-state index contributed by atoms with van der Waals surface area (Å²) in [4.78, 5) is 17.7. The van der Waals surface area contributed by atoms with E-state index in [2.05, 4.69) is 9.80 Å². The van der Waals surface area contributed by atoms with Crippen molar-refractivity contribution in [3.8, 4) is 0 Å². The quantitative estimate of drug-likeness (QED) is 0.780. The third-order valence-electron chi connectivity index (χ3n) is 7.97. The maximum Gasteiger partial charge on any atom is 0.225 e. The van der Waals surface area contributed by atoms with Crippen LogP contribution in [0.4, 0.5) is 0 Å². The van der Waals surface area contributed by atoms with Crippen LogP contribution in [0.1, 0.15) is 64.2 Å². The summed E-state index contributed by atoms with van der Waals surface area (Å²) in [6.07, 6.45) is 13.8. The Labute approximate surface area is 140 Å². The van der Waals surface area contributed by atoms with Crippen LogP contribution in [0.15, 0.2) is 0 Å². The predicted molar refractivity (Wildman–Crippen MR) is 91.0 cm³/mol. The molecule has 1 saturated heterocycles. The highest BCUT2D eigenvalue weighted by atomic mass is 16.2. The second-order valence-electron chi connectivity index (χ2n) is 9.44. The van der Waals surface area contributed by atoms with Gasteiger partial charge in [0.1, 0.15) is 0 Å². The molecule has 0 aromatic rings. The summed E-state index contributed by atoms with van der Waals surface area (Å²) in [6.45, 7) is 4.28. The summed E-state index contributed by atoms with van der Waals surface area (Å²) in [7, 11) is 0. The Hall–Kier alpha value is -0.570. The summed E-state index contributed by atoms with van der Waals surface area (Å²) < 4.78 is 0. The molecule has 6 fully saturated rings. The summed E-state index contributed by atoms with van der Waals surface area (Å²) in [5.41, 5.74) is 0.539. The standard InChI is InChI=1S/C20H32N2O/c23-19(18-3-1-2-4-18)21-5-7-22(8-6-21)20-12-15-9-16(13-20)11-17(10-15)14-20/h15-18H,1-14H2. The molecule has 128 valence electrons. The Morgan fingerprint density at radius 1 is 0.783 bits per heavy atom. The smallest absolute Gasteiger partial charge is 0.225 e. The molecule has 4 bridgehead atoms. The zero-order chi connectivity index (χ0) is 15.4. The lowest BCUT2D eigenvalue weighted by molar-refractivity contribution is -0.142. The molecule has 1 heterocycles. The topological polar surface area (TPSA) is 23.6 Å². The monoisotopic (exact) mass is 316 g/mol. The van der Waals surface area contributed by atoms with Gasteiger partial charge in [0.2, 0.25) is 5.91 Å². The minimum absolute atomic E-state index is 0.362. The lowest BCUT2D eigenvalue weighted by Crippen LogP contribution is -2.64. The van der Waals surface area contributed by atoms with Crippen molar-refractivity contribution < 1.29 is 4.79 Å². The van der Waals surface area contributed by atoms with Crippen LogP contribution in [-0.2, 0) is 4.79 Å². The second kappa shape index (κ2) is 5.47. The molecule has 0 radical (unpaired) electrons. The SMILES string of the molecule is O=C(C1CCCC1)N1CCN(C23CC4CC(CC(C4)C2)C3)CC1. The first-order valence-electron chi connectivity index (χ1n) is 10.3. The maximum atomic E-state index is 12.7. The first kappa shape index (κ1) is 14.7. The van der Waals surface area contributed by atoms with Crippen LogP contribution in [0.3, 0.4) is 0 Å². The average Bonchev–Trinajstić information content (AvgIpc) is 3.07. The lowest BCUT2D eigenvalue weighted by atomic mass is 9.52. The lowest BCUT2D eigenvalue weighted by Gasteiger charge is -2.61. The Morgan fingerprint density at radius 3 is 1.83 bits per heavy atom. The number of carbonyl (C=O) groups is 1. The van der Waals surface area contributed by atoms with Gasteiger partial charge in [0.15, 0.2) is 0 Å². The number of hydrogen-bond donors (Lipinski definition) is 0. The van der Waals surface area contributed by atoms with Gasteiger partial charge < -0.3 is 4.90 Å². The second-order valence-corrected chi connectivity index (χ2v) is 9.44. The minimum Gasteiger partial charge on any atom is -0.340 e. The average molecular weight is 316 g/mol. The van der Waals surface area contributed by atoms with Gasteiger partial charge in [-0.15, -0.1) is 0 Å². The van der Waals surface area contributed by atoms with Gasteiger partial charge in [0, 0.05) is 37.6 Å². The van der Waals surface area contributed by atoms with E-state index in [9.17, 15) is 4.79 Å². The van der Waals surface area contributed by atoms with Crippen LogP contribution >= 0.6 is 0 Å². The molecule has 0 atom stereocenters. The van der Waals surface area contributed by atoms with Crippen molar-refractivity contribution in [3.63, 3.8) is 0 Å².